The third-order valence-corrected chi connectivity index (χ3v) is 11.3. The smallest absolute Gasteiger partial charge is 0.380 e. The van der Waals surface area contributed by atoms with Crippen LogP contribution in [0.15, 0.2) is 0 Å². The maximum absolute atomic E-state index is 13.8. The summed E-state index contributed by atoms with van der Waals surface area (Å²) in [6, 6.07) is -1.90. The van der Waals surface area contributed by atoms with E-state index in [1.54, 1.807) is 27.7 Å². The van der Waals surface area contributed by atoms with Crippen molar-refractivity contribution in [1.29, 1.82) is 0 Å². The summed E-state index contributed by atoms with van der Waals surface area (Å²) in [4.78, 5) is 69.4. The van der Waals surface area contributed by atoms with E-state index >= 15 is 0 Å². The number of nitrogens with two attached hydrogens (primary N) is 3. The molecule has 0 aromatic heterocycles. The number of carbonyl (C=O) groups excluding carboxylic acids is 4. The molecular weight excluding hydrogens is 656 g/mol. The van der Waals surface area contributed by atoms with E-state index < -0.39 is 100 Å². The van der Waals surface area contributed by atoms with Gasteiger partial charge < -0.3 is 51.0 Å². The van der Waals surface area contributed by atoms with Crippen molar-refractivity contribution in [3.63, 3.8) is 0 Å². The highest BCUT2D eigenvalue weighted by atomic mass is 31.2. The van der Waals surface area contributed by atoms with Gasteiger partial charge in [-0.15, -0.1) is 0 Å². The maximum Gasteiger partial charge on any atom is 0.380 e. The molecule has 1 unspecified atom stereocenters. The van der Waals surface area contributed by atoms with Gasteiger partial charge in [0, 0.05) is 6.42 Å². The van der Waals surface area contributed by atoms with Crippen molar-refractivity contribution in [2.75, 3.05) is 33.3 Å². The van der Waals surface area contributed by atoms with Gasteiger partial charge in [0.1, 0.15) is 25.3 Å². The van der Waals surface area contributed by atoms with Crippen LogP contribution >= 0.6 is 15.2 Å². The minimum atomic E-state index is -5.74. The van der Waals surface area contributed by atoms with Crippen molar-refractivity contribution in [2.45, 2.75) is 85.4 Å². The van der Waals surface area contributed by atoms with Gasteiger partial charge in [0.05, 0.1) is 10.8 Å². The van der Waals surface area contributed by atoms with Crippen LogP contribution in [0.1, 0.15) is 68.2 Å². The predicted molar refractivity (Wildman–Crippen MR) is 162 cm³/mol. The first kappa shape index (κ1) is 44.0. The van der Waals surface area contributed by atoms with Crippen molar-refractivity contribution >= 4 is 39.1 Å². The van der Waals surface area contributed by atoms with Crippen molar-refractivity contribution in [3.8, 4) is 0 Å². The summed E-state index contributed by atoms with van der Waals surface area (Å²) >= 11 is 0. The van der Waals surface area contributed by atoms with Crippen LogP contribution in [0.2, 0.25) is 0 Å². The molecule has 0 rings (SSSR count). The number of esters is 4. The van der Waals surface area contributed by atoms with E-state index in [1.165, 1.54) is 27.7 Å². The van der Waals surface area contributed by atoms with Gasteiger partial charge in [-0.3, -0.25) is 37.4 Å². The lowest BCUT2D eigenvalue weighted by Gasteiger charge is -2.34. The summed E-state index contributed by atoms with van der Waals surface area (Å²) in [5, 5.41) is 7.48. The first-order valence-electron chi connectivity index (χ1n) is 14.4. The second-order valence-corrected chi connectivity index (χ2v) is 17.0. The van der Waals surface area contributed by atoms with Gasteiger partial charge in [0.25, 0.3) is 5.08 Å². The van der Waals surface area contributed by atoms with E-state index in [0.29, 0.717) is 0 Å². The van der Waals surface area contributed by atoms with Crippen molar-refractivity contribution in [3.05, 3.63) is 0 Å². The average Bonchev–Trinajstić information content (AvgIpc) is 2.95. The maximum atomic E-state index is 13.8. The summed E-state index contributed by atoms with van der Waals surface area (Å²) in [7, 11) is -11.2. The Kier molecular flexibility index (Phi) is 17.2. The fourth-order valence-corrected chi connectivity index (χ4v) is 6.45. The number of aliphatic hydroxyl groups is 1. The summed E-state index contributed by atoms with van der Waals surface area (Å²) in [5.41, 5.74) is 13.9. The van der Waals surface area contributed by atoms with Gasteiger partial charge in [-0.05, 0) is 52.5 Å². The number of ether oxygens (including phenoxy) is 4. The van der Waals surface area contributed by atoms with Crippen molar-refractivity contribution < 1.29 is 71.2 Å². The predicted octanol–water partition coefficient (Wildman–Crippen LogP) is 0.882. The molecule has 0 aliphatic carbocycles. The van der Waals surface area contributed by atoms with Gasteiger partial charge in [-0.1, -0.05) is 27.7 Å². The Morgan fingerprint density at radius 2 is 1.07 bits per heavy atom. The largest absolute Gasteiger partial charge is 0.463 e. The SMILES string of the molecule is CC(C)[C@@H](N)C(=O)OCC(C)(C)C(=O)OCOP(=O)(OCOC(=O)C(C)(C)COC(=O)[C@H](N)C(C)C)C(O)(CCCN)P(=O)(O)O. The number of hydrogen-bond donors (Lipinski definition) is 6. The van der Waals surface area contributed by atoms with Crippen LogP contribution in [0, 0.1) is 22.7 Å². The lowest BCUT2D eigenvalue weighted by molar-refractivity contribution is -0.169. The lowest BCUT2D eigenvalue weighted by atomic mass is 9.95. The van der Waals surface area contributed by atoms with E-state index in [9.17, 15) is 43.2 Å². The van der Waals surface area contributed by atoms with E-state index in [1.807, 2.05) is 0 Å². The molecule has 0 aromatic rings. The molecule has 0 aliphatic heterocycles. The monoisotopic (exact) mass is 707 g/mol. The third kappa shape index (κ3) is 12.6. The third-order valence-electron chi connectivity index (χ3n) is 6.68. The lowest BCUT2D eigenvalue weighted by Crippen LogP contribution is -2.40. The number of rotatable bonds is 21. The molecule has 0 saturated heterocycles. The van der Waals surface area contributed by atoms with E-state index in [-0.39, 0.29) is 24.8 Å². The molecule has 20 heteroatoms. The Morgan fingerprint density at radius 3 is 1.35 bits per heavy atom. The van der Waals surface area contributed by atoms with Crippen LogP contribution in [0.25, 0.3) is 0 Å². The van der Waals surface area contributed by atoms with Gasteiger partial charge >= 0.3 is 39.1 Å². The number of carbonyl (C=O) groups is 4. The zero-order chi connectivity index (χ0) is 36.3. The van der Waals surface area contributed by atoms with E-state index in [0.717, 1.165) is 0 Å². The molecule has 0 saturated carbocycles. The normalized spacial score (nSPS) is 15.6. The van der Waals surface area contributed by atoms with Crippen molar-refractivity contribution in [1.82, 2.24) is 0 Å². The minimum Gasteiger partial charge on any atom is -0.463 e. The zero-order valence-corrected chi connectivity index (χ0v) is 29.4. The molecule has 0 aromatic carbocycles. The Morgan fingerprint density at radius 1 is 0.717 bits per heavy atom. The first-order chi connectivity index (χ1) is 20.8. The van der Waals surface area contributed by atoms with Crippen LogP contribution < -0.4 is 17.2 Å². The van der Waals surface area contributed by atoms with Crippen molar-refractivity contribution in [2.24, 2.45) is 39.9 Å². The molecule has 18 nitrogen and oxygen atoms in total. The van der Waals surface area contributed by atoms with Crippen LogP contribution in [-0.4, -0.2) is 89.3 Å². The minimum absolute atomic E-state index is 0.201. The molecule has 0 radical (unpaired) electrons. The average molecular weight is 708 g/mol. The van der Waals surface area contributed by atoms with Crippen LogP contribution in [0.3, 0.4) is 0 Å². The molecule has 0 aliphatic rings. The van der Waals surface area contributed by atoms with Crippen LogP contribution in [0.4, 0.5) is 0 Å². The topological polar surface area (TPSA) is 297 Å². The van der Waals surface area contributed by atoms with Crippen LogP contribution in [0.5, 0.6) is 0 Å². The highest BCUT2D eigenvalue weighted by Crippen LogP contribution is 2.74. The van der Waals surface area contributed by atoms with E-state index in [2.05, 4.69) is 0 Å². The second kappa shape index (κ2) is 18.0. The summed E-state index contributed by atoms with van der Waals surface area (Å²) in [5.74, 6) is -4.15. The van der Waals surface area contributed by atoms with E-state index in [4.69, 9.17) is 45.2 Å². The highest BCUT2D eigenvalue weighted by Gasteiger charge is 2.62. The molecular formula is C26H51N3O15P2. The quantitative estimate of drug-likeness (QED) is 0.0417. The highest BCUT2D eigenvalue weighted by molar-refractivity contribution is 7.73. The molecule has 46 heavy (non-hydrogen) atoms. The summed E-state index contributed by atoms with van der Waals surface area (Å²) < 4.78 is 56.1. The molecule has 270 valence electrons. The molecule has 0 bridgehead atoms. The molecule has 0 fully saturated rings. The molecule has 0 amide bonds. The Balaban J connectivity index is 5.77. The van der Waals surface area contributed by atoms with Crippen LogP contribution in [-0.2, 0) is 56.3 Å². The Bertz CT molecular complexity index is 1080. The Labute approximate surface area is 269 Å². The van der Waals surface area contributed by atoms with Gasteiger partial charge in [0.15, 0.2) is 0 Å². The van der Waals surface area contributed by atoms with Gasteiger partial charge in [-0.2, -0.15) is 0 Å². The molecule has 0 heterocycles. The Hall–Kier alpha value is -1.98. The first-order valence-corrected chi connectivity index (χ1v) is 17.5. The second-order valence-electron chi connectivity index (χ2n) is 12.6. The molecule has 9 N–H and O–H groups in total. The molecule has 0 spiro atoms. The standard InChI is InChI=1S/C26H51N3O15P2/c1-16(2)18(28)20(30)39-12-24(5,6)22(32)41-14-43-46(38,26(34,10-9-11-27)45(35,36)37)44-15-42-23(33)25(7,8)13-40-21(31)19(29)17(3)4/h16-19,34H,9-15,27-29H2,1-8H3,(H2,35,36,37)/t18-,19-,26?/m1/s1. The summed E-state index contributed by atoms with van der Waals surface area (Å²) in [6.45, 7) is 8.42. The van der Waals surface area contributed by atoms with Gasteiger partial charge in [-0.25, -0.2) is 0 Å². The fourth-order valence-electron chi connectivity index (χ4n) is 3.07. The van der Waals surface area contributed by atoms with Gasteiger partial charge in [0.2, 0.25) is 13.6 Å². The number of hydrogen-bond acceptors (Lipinski definition) is 16. The summed E-state index contributed by atoms with van der Waals surface area (Å²) in [6.07, 6.45) is -1.17. The zero-order valence-electron chi connectivity index (χ0n) is 27.6. The fraction of sp³-hybridized carbons (Fsp3) is 0.846. The molecule has 3 atom stereocenters.